The van der Waals surface area contributed by atoms with Crippen LogP contribution in [-0.4, -0.2) is 24.1 Å². The molecule has 5 nitrogen and oxygen atoms in total. The van der Waals surface area contributed by atoms with Crippen molar-refractivity contribution in [1.82, 2.24) is 5.32 Å². The van der Waals surface area contributed by atoms with Crippen molar-refractivity contribution in [1.29, 1.82) is 0 Å². The van der Waals surface area contributed by atoms with Gasteiger partial charge in [0, 0.05) is 11.3 Å². The third kappa shape index (κ3) is 4.97. The van der Waals surface area contributed by atoms with E-state index in [0.29, 0.717) is 22.8 Å². The summed E-state index contributed by atoms with van der Waals surface area (Å²) in [5.74, 6) is -0.986. The summed E-state index contributed by atoms with van der Waals surface area (Å²) in [5.41, 5.74) is 0.403. The van der Waals surface area contributed by atoms with E-state index in [0.717, 1.165) is 6.42 Å². The Hall–Kier alpha value is -2.05. The van der Waals surface area contributed by atoms with Crippen LogP contribution in [0.4, 0.5) is 0 Å². The van der Waals surface area contributed by atoms with Crippen molar-refractivity contribution in [2.45, 2.75) is 25.3 Å². The van der Waals surface area contributed by atoms with Crippen LogP contribution in [0.3, 0.4) is 0 Å². The Morgan fingerprint density at radius 2 is 2.17 bits per heavy atom. The van der Waals surface area contributed by atoms with Gasteiger partial charge in [-0.3, -0.25) is 4.79 Å². The molecule has 1 aromatic carbocycles. The molecule has 2 N–H and O–H groups in total. The van der Waals surface area contributed by atoms with E-state index < -0.39 is 12.0 Å². The van der Waals surface area contributed by atoms with Gasteiger partial charge in [0.2, 0.25) is 5.91 Å². The number of carboxylic acid groups (broad SMARTS) is 1. The van der Waals surface area contributed by atoms with E-state index in [2.05, 4.69) is 5.32 Å². The number of carbonyl (C=O) groups is 2. The van der Waals surface area contributed by atoms with Gasteiger partial charge in [-0.1, -0.05) is 23.7 Å². The predicted octanol–water partition coefficient (Wildman–Crippen LogP) is 3.67. The van der Waals surface area contributed by atoms with Crippen molar-refractivity contribution in [3.05, 3.63) is 51.2 Å². The number of amides is 1. The summed E-state index contributed by atoms with van der Waals surface area (Å²) < 4.78 is 5.04. The van der Waals surface area contributed by atoms with E-state index in [4.69, 9.17) is 16.3 Å². The van der Waals surface area contributed by atoms with Crippen LogP contribution < -0.4 is 10.1 Å². The number of rotatable bonds is 8. The maximum atomic E-state index is 12.0. The van der Waals surface area contributed by atoms with Gasteiger partial charge in [0.05, 0.1) is 12.1 Å². The number of aryl methyl sites for hydroxylation is 1. The van der Waals surface area contributed by atoms with Crippen LogP contribution in [0.2, 0.25) is 5.02 Å². The van der Waals surface area contributed by atoms with Gasteiger partial charge in [0.25, 0.3) is 0 Å². The fourth-order valence-corrected chi connectivity index (χ4v) is 3.28. The van der Waals surface area contributed by atoms with Crippen LogP contribution >= 0.6 is 22.9 Å². The number of halogens is 1. The molecule has 0 bridgehead atoms. The van der Waals surface area contributed by atoms with Crippen molar-refractivity contribution < 1.29 is 19.4 Å². The number of hydrogen-bond donors (Lipinski definition) is 2. The summed E-state index contributed by atoms with van der Waals surface area (Å²) in [6.07, 6.45) is 1.74. The number of ether oxygens (including phenoxy) is 1. The predicted molar refractivity (Wildman–Crippen MR) is 93.8 cm³/mol. The van der Waals surface area contributed by atoms with Crippen LogP contribution in [0.1, 0.15) is 29.3 Å². The summed E-state index contributed by atoms with van der Waals surface area (Å²) in [6.45, 7) is 0. The van der Waals surface area contributed by atoms with Gasteiger partial charge in [-0.15, -0.1) is 11.3 Å². The topological polar surface area (TPSA) is 75.6 Å². The summed E-state index contributed by atoms with van der Waals surface area (Å²) in [5, 5.41) is 14.2. The van der Waals surface area contributed by atoms with Gasteiger partial charge < -0.3 is 15.2 Å². The second kappa shape index (κ2) is 8.70. The lowest BCUT2D eigenvalue weighted by molar-refractivity contribution is -0.142. The van der Waals surface area contributed by atoms with Gasteiger partial charge in [-0.25, -0.2) is 4.79 Å². The first kappa shape index (κ1) is 18.3. The second-order valence-corrected chi connectivity index (χ2v) is 6.61. The molecule has 128 valence electrons. The number of carbonyl (C=O) groups excluding carboxylic acids is 1. The van der Waals surface area contributed by atoms with E-state index in [-0.39, 0.29) is 12.3 Å². The van der Waals surface area contributed by atoms with Crippen molar-refractivity contribution >= 4 is 34.8 Å². The molecule has 24 heavy (non-hydrogen) atoms. The molecule has 1 amide bonds. The fourth-order valence-electron chi connectivity index (χ4n) is 2.26. The molecule has 2 aromatic rings. The molecular formula is C17H18ClNO4S. The van der Waals surface area contributed by atoms with Gasteiger partial charge in [-0.2, -0.15) is 0 Å². The highest BCUT2D eigenvalue weighted by atomic mass is 35.5. The standard InChI is InChI=1S/C17H18ClNO4S/c1-23-14-8-7-11(10-13(14)18)16(17(21)22)19-15(20)6-2-4-12-5-3-9-24-12/h3,5,7-10,16H,2,4,6H2,1H3,(H,19,20)(H,21,22). The molecule has 0 spiro atoms. The van der Waals surface area contributed by atoms with Crippen LogP contribution in [-0.2, 0) is 16.0 Å². The molecular weight excluding hydrogens is 350 g/mol. The van der Waals surface area contributed by atoms with Crippen molar-refractivity contribution in [3.8, 4) is 5.75 Å². The normalized spacial score (nSPS) is 11.8. The van der Waals surface area contributed by atoms with E-state index in [1.807, 2.05) is 17.5 Å². The first-order chi connectivity index (χ1) is 11.5. The smallest absolute Gasteiger partial charge is 0.330 e. The highest BCUT2D eigenvalue weighted by Gasteiger charge is 2.22. The highest BCUT2D eigenvalue weighted by Crippen LogP contribution is 2.27. The molecule has 0 fully saturated rings. The van der Waals surface area contributed by atoms with E-state index in [1.165, 1.54) is 18.1 Å². The Labute approximate surface area is 149 Å². The molecule has 0 radical (unpaired) electrons. The lowest BCUT2D eigenvalue weighted by Gasteiger charge is -2.16. The summed E-state index contributed by atoms with van der Waals surface area (Å²) in [6, 6.07) is 7.50. The largest absolute Gasteiger partial charge is 0.495 e. The first-order valence-electron chi connectivity index (χ1n) is 7.39. The summed E-state index contributed by atoms with van der Waals surface area (Å²) in [7, 11) is 1.48. The van der Waals surface area contributed by atoms with Gasteiger partial charge in [-0.05, 0) is 42.0 Å². The van der Waals surface area contributed by atoms with Gasteiger partial charge in [0.1, 0.15) is 5.75 Å². The number of nitrogens with one attached hydrogen (secondary N) is 1. The maximum Gasteiger partial charge on any atom is 0.330 e. The fraction of sp³-hybridized carbons (Fsp3) is 0.294. The monoisotopic (exact) mass is 367 g/mol. The quantitative estimate of drug-likeness (QED) is 0.746. The summed E-state index contributed by atoms with van der Waals surface area (Å²) >= 11 is 7.67. The molecule has 0 aliphatic carbocycles. The van der Waals surface area contributed by atoms with Crippen LogP contribution in [0, 0.1) is 0 Å². The minimum Gasteiger partial charge on any atom is -0.495 e. The molecule has 0 aliphatic rings. The number of hydrogen-bond acceptors (Lipinski definition) is 4. The Morgan fingerprint density at radius 3 is 2.75 bits per heavy atom. The number of methoxy groups -OCH3 is 1. The Kier molecular flexibility index (Phi) is 6.63. The Morgan fingerprint density at radius 1 is 1.38 bits per heavy atom. The molecule has 7 heteroatoms. The van der Waals surface area contributed by atoms with Gasteiger partial charge >= 0.3 is 5.97 Å². The van der Waals surface area contributed by atoms with Crippen molar-refractivity contribution in [3.63, 3.8) is 0 Å². The zero-order valence-electron chi connectivity index (χ0n) is 13.1. The molecule has 2 rings (SSSR count). The van der Waals surface area contributed by atoms with Crippen LogP contribution in [0.5, 0.6) is 5.75 Å². The van der Waals surface area contributed by atoms with E-state index in [9.17, 15) is 14.7 Å². The molecule has 0 saturated heterocycles. The zero-order valence-corrected chi connectivity index (χ0v) is 14.7. The Bertz CT molecular complexity index is 703. The number of carboxylic acids is 1. The lowest BCUT2D eigenvalue weighted by Crippen LogP contribution is -2.33. The molecule has 0 aliphatic heterocycles. The molecule has 0 saturated carbocycles. The third-order valence-electron chi connectivity index (χ3n) is 3.47. The number of thiophene rings is 1. The average Bonchev–Trinajstić information content (AvgIpc) is 3.05. The van der Waals surface area contributed by atoms with Crippen molar-refractivity contribution in [2.75, 3.05) is 7.11 Å². The number of aliphatic carboxylic acids is 1. The molecule has 1 aromatic heterocycles. The minimum absolute atomic E-state index is 0.269. The van der Waals surface area contributed by atoms with E-state index >= 15 is 0 Å². The third-order valence-corrected chi connectivity index (χ3v) is 4.70. The minimum atomic E-state index is -1.14. The molecule has 1 unspecified atom stereocenters. The zero-order chi connectivity index (χ0) is 17.5. The van der Waals surface area contributed by atoms with E-state index in [1.54, 1.807) is 23.5 Å². The van der Waals surface area contributed by atoms with Gasteiger partial charge in [0.15, 0.2) is 6.04 Å². The van der Waals surface area contributed by atoms with Crippen LogP contribution in [0.25, 0.3) is 0 Å². The number of benzene rings is 1. The Balaban J connectivity index is 1.96. The first-order valence-corrected chi connectivity index (χ1v) is 8.65. The lowest BCUT2D eigenvalue weighted by atomic mass is 10.1. The molecule has 1 heterocycles. The highest BCUT2D eigenvalue weighted by molar-refractivity contribution is 7.09. The summed E-state index contributed by atoms with van der Waals surface area (Å²) in [4.78, 5) is 24.7. The van der Waals surface area contributed by atoms with Crippen molar-refractivity contribution in [2.24, 2.45) is 0 Å². The molecule has 1 atom stereocenters. The average molecular weight is 368 g/mol. The maximum absolute atomic E-state index is 12.0. The SMILES string of the molecule is COc1ccc(C(NC(=O)CCCc2cccs2)C(=O)O)cc1Cl. The van der Waals surface area contributed by atoms with Crippen LogP contribution in [0.15, 0.2) is 35.7 Å². The second-order valence-electron chi connectivity index (χ2n) is 5.17.